The third-order valence-corrected chi connectivity index (χ3v) is 3.99. The number of nitrogens with one attached hydrogen (secondary N) is 1. The van der Waals surface area contributed by atoms with Crippen LogP contribution in [-0.4, -0.2) is 25.2 Å². The maximum atomic E-state index is 12.1. The summed E-state index contributed by atoms with van der Waals surface area (Å²) in [6.07, 6.45) is -4.39. The van der Waals surface area contributed by atoms with Crippen molar-refractivity contribution in [3.8, 4) is 0 Å². The van der Waals surface area contributed by atoms with Crippen LogP contribution in [0.25, 0.3) is 0 Å². The summed E-state index contributed by atoms with van der Waals surface area (Å²) in [7, 11) is 0. The Morgan fingerprint density at radius 1 is 1.18 bits per heavy atom. The van der Waals surface area contributed by atoms with Crippen LogP contribution in [0.15, 0.2) is 47.8 Å². The van der Waals surface area contributed by atoms with Gasteiger partial charge in [-0.05, 0) is 11.4 Å². The van der Waals surface area contributed by atoms with Crippen molar-refractivity contribution < 1.29 is 23.3 Å². The van der Waals surface area contributed by atoms with Crippen LogP contribution in [0.2, 0.25) is 0 Å². The monoisotopic (exact) mass is 329 g/mol. The minimum Gasteiger partial charge on any atom is -0.342 e. The van der Waals surface area contributed by atoms with Crippen molar-refractivity contribution in [3.05, 3.63) is 58.3 Å². The highest BCUT2D eigenvalue weighted by molar-refractivity contribution is 7.10. The van der Waals surface area contributed by atoms with Gasteiger partial charge in [-0.15, -0.1) is 11.3 Å². The van der Waals surface area contributed by atoms with Crippen LogP contribution < -0.4 is 10.6 Å². The molecule has 0 radical (unpaired) electrons. The van der Waals surface area contributed by atoms with Crippen LogP contribution in [0.3, 0.4) is 0 Å². The third kappa shape index (κ3) is 5.16. The molecule has 0 spiro atoms. The second-order valence-corrected chi connectivity index (χ2v) is 5.71. The predicted octanol–water partition coefficient (Wildman–Crippen LogP) is 2.08. The number of alkyl halides is 3. The van der Waals surface area contributed by atoms with Crippen LogP contribution in [-0.2, 0) is 4.79 Å². The SMILES string of the molecule is O=C(C[NH2+][C@@H](c1ccccc1)c1cccs1)NCC(F)(F)F. The fraction of sp³-hybridized carbons (Fsp3) is 0.267. The summed E-state index contributed by atoms with van der Waals surface area (Å²) in [6, 6.07) is 13.3. The van der Waals surface area contributed by atoms with Crippen LogP contribution >= 0.6 is 11.3 Å². The van der Waals surface area contributed by atoms with Crippen LogP contribution in [0.5, 0.6) is 0 Å². The Balaban J connectivity index is 1.98. The first-order valence-electron chi connectivity index (χ1n) is 6.71. The number of nitrogens with two attached hydrogens (primary N) is 1. The zero-order chi connectivity index (χ0) is 16.0. The summed E-state index contributed by atoms with van der Waals surface area (Å²) in [5.74, 6) is -0.630. The number of benzene rings is 1. The molecule has 0 aliphatic heterocycles. The first-order chi connectivity index (χ1) is 10.5. The van der Waals surface area contributed by atoms with E-state index in [4.69, 9.17) is 0 Å². The second-order valence-electron chi connectivity index (χ2n) is 4.74. The van der Waals surface area contributed by atoms with Gasteiger partial charge < -0.3 is 10.6 Å². The topological polar surface area (TPSA) is 45.7 Å². The zero-order valence-corrected chi connectivity index (χ0v) is 12.5. The van der Waals surface area contributed by atoms with Crippen molar-refractivity contribution in [1.29, 1.82) is 0 Å². The fourth-order valence-corrected chi connectivity index (χ4v) is 2.89. The number of carbonyl (C=O) groups excluding carboxylic acids is 1. The molecule has 1 amide bonds. The first kappa shape index (κ1) is 16.5. The number of amides is 1. The highest BCUT2D eigenvalue weighted by Gasteiger charge is 2.28. The molecule has 1 aromatic carbocycles. The van der Waals surface area contributed by atoms with E-state index in [2.05, 4.69) is 0 Å². The lowest BCUT2D eigenvalue weighted by atomic mass is 10.1. The van der Waals surface area contributed by atoms with Crippen LogP contribution in [0.1, 0.15) is 16.5 Å². The van der Waals surface area contributed by atoms with E-state index in [1.165, 1.54) is 0 Å². The molecule has 118 valence electrons. The number of hydrogen-bond donors (Lipinski definition) is 2. The van der Waals surface area contributed by atoms with Crippen molar-refractivity contribution in [2.24, 2.45) is 0 Å². The largest absolute Gasteiger partial charge is 0.405 e. The lowest BCUT2D eigenvalue weighted by molar-refractivity contribution is -0.676. The number of halogens is 3. The highest BCUT2D eigenvalue weighted by Crippen LogP contribution is 2.22. The lowest BCUT2D eigenvalue weighted by Gasteiger charge is -2.15. The summed E-state index contributed by atoms with van der Waals surface area (Å²) in [4.78, 5) is 12.6. The van der Waals surface area contributed by atoms with E-state index in [-0.39, 0.29) is 12.6 Å². The van der Waals surface area contributed by atoms with Crippen molar-refractivity contribution in [2.45, 2.75) is 12.2 Å². The number of rotatable bonds is 6. The molecule has 1 atom stereocenters. The van der Waals surface area contributed by atoms with Crippen molar-refractivity contribution in [2.75, 3.05) is 13.1 Å². The molecule has 0 unspecified atom stereocenters. The molecule has 2 rings (SSSR count). The fourth-order valence-electron chi connectivity index (χ4n) is 2.04. The van der Waals surface area contributed by atoms with Crippen molar-refractivity contribution >= 4 is 17.2 Å². The molecule has 0 aliphatic rings. The van der Waals surface area contributed by atoms with Crippen molar-refractivity contribution in [1.82, 2.24) is 5.32 Å². The summed E-state index contributed by atoms with van der Waals surface area (Å²) < 4.78 is 36.2. The molecule has 0 fully saturated rings. The molecule has 0 saturated carbocycles. The minimum absolute atomic E-state index is 0.0620. The number of thiophene rings is 1. The van der Waals surface area contributed by atoms with E-state index < -0.39 is 18.6 Å². The predicted molar refractivity (Wildman–Crippen MR) is 78.5 cm³/mol. The molecular weight excluding hydrogens is 313 g/mol. The smallest absolute Gasteiger partial charge is 0.342 e. The number of hydrogen-bond acceptors (Lipinski definition) is 2. The Kier molecular flexibility index (Phi) is 5.57. The molecule has 1 aromatic heterocycles. The van der Waals surface area contributed by atoms with Gasteiger partial charge in [-0.2, -0.15) is 13.2 Å². The molecule has 1 heterocycles. The summed E-state index contributed by atoms with van der Waals surface area (Å²) >= 11 is 1.55. The average molecular weight is 329 g/mol. The first-order valence-corrected chi connectivity index (χ1v) is 7.59. The molecule has 0 aliphatic carbocycles. The molecule has 3 N–H and O–H groups in total. The molecule has 22 heavy (non-hydrogen) atoms. The highest BCUT2D eigenvalue weighted by atomic mass is 32.1. The molecule has 2 aromatic rings. The molecule has 0 bridgehead atoms. The van der Waals surface area contributed by atoms with Gasteiger partial charge in [0.15, 0.2) is 6.54 Å². The normalized spacial score (nSPS) is 12.9. The zero-order valence-electron chi connectivity index (χ0n) is 11.6. The van der Waals surface area contributed by atoms with E-state index in [0.29, 0.717) is 0 Å². The minimum atomic E-state index is -4.39. The van der Waals surface area contributed by atoms with E-state index in [1.54, 1.807) is 16.7 Å². The average Bonchev–Trinajstić information content (AvgIpc) is 3.00. The summed E-state index contributed by atoms with van der Waals surface area (Å²) in [6.45, 7) is -1.36. The van der Waals surface area contributed by atoms with Gasteiger partial charge in [0.1, 0.15) is 12.6 Å². The van der Waals surface area contributed by atoms with Gasteiger partial charge >= 0.3 is 6.18 Å². The van der Waals surface area contributed by atoms with Crippen LogP contribution in [0.4, 0.5) is 13.2 Å². The van der Waals surface area contributed by atoms with Gasteiger partial charge in [0.05, 0.1) is 4.88 Å². The van der Waals surface area contributed by atoms with Gasteiger partial charge in [-0.25, -0.2) is 0 Å². The summed E-state index contributed by atoms with van der Waals surface area (Å²) in [5, 5.41) is 5.56. The van der Waals surface area contributed by atoms with E-state index in [9.17, 15) is 18.0 Å². The second kappa shape index (κ2) is 7.42. The molecular formula is C15H16F3N2OS+. The van der Waals surface area contributed by atoms with Crippen LogP contribution in [0, 0.1) is 0 Å². The Hall–Kier alpha value is -1.86. The number of carbonyl (C=O) groups is 1. The maximum absolute atomic E-state index is 12.1. The van der Waals surface area contributed by atoms with E-state index in [0.717, 1.165) is 10.4 Å². The van der Waals surface area contributed by atoms with Gasteiger partial charge in [0.2, 0.25) is 0 Å². The quantitative estimate of drug-likeness (QED) is 0.837. The Labute approximate surface area is 130 Å². The third-order valence-electron chi connectivity index (χ3n) is 3.03. The van der Waals surface area contributed by atoms with Gasteiger partial charge in [-0.1, -0.05) is 36.4 Å². The lowest BCUT2D eigenvalue weighted by Crippen LogP contribution is -2.87. The molecule has 0 saturated heterocycles. The van der Waals surface area contributed by atoms with Gasteiger partial charge in [0.25, 0.3) is 5.91 Å². The van der Waals surface area contributed by atoms with Gasteiger partial charge in [-0.3, -0.25) is 4.79 Å². The molecule has 7 heteroatoms. The summed E-state index contributed by atoms with van der Waals surface area (Å²) in [5.41, 5.74) is 1.01. The van der Waals surface area contributed by atoms with E-state index in [1.807, 2.05) is 53.2 Å². The Morgan fingerprint density at radius 2 is 1.91 bits per heavy atom. The maximum Gasteiger partial charge on any atom is 0.405 e. The van der Waals surface area contributed by atoms with E-state index >= 15 is 0 Å². The van der Waals surface area contributed by atoms with Crippen molar-refractivity contribution in [3.63, 3.8) is 0 Å². The Bertz CT molecular complexity index is 585. The van der Waals surface area contributed by atoms with Gasteiger partial charge in [0, 0.05) is 5.56 Å². The molecule has 3 nitrogen and oxygen atoms in total. The standard InChI is InChI=1S/C15H15F3N2OS/c16-15(17,18)10-20-13(21)9-19-14(12-7-4-8-22-12)11-5-2-1-3-6-11/h1-8,14,19H,9-10H2,(H,20,21)/p+1/t14-/m0/s1. The number of quaternary nitrogens is 1. The Morgan fingerprint density at radius 3 is 2.50 bits per heavy atom.